The first kappa shape index (κ1) is 33.0. The van der Waals surface area contributed by atoms with Crippen LogP contribution < -0.4 is 0 Å². The van der Waals surface area contributed by atoms with Gasteiger partial charge in [0.15, 0.2) is 0 Å². The van der Waals surface area contributed by atoms with Crippen molar-refractivity contribution in [2.75, 3.05) is 0 Å². The van der Waals surface area contributed by atoms with Crippen molar-refractivity contribution in [3.8, 4) is 0 Å². The molecule has 0 nitrogen and oxygen atoms in total. The molecule has 0 bridgehead atoms. The van der Waals surface area contributed by atoms with Gasteiger partial charge in [-0.1, -0.05) is 0 Å². The molecule has 0 saturated carbocycles. The van der Waals surface area contributed by atoms with Crippen molar-refractivity contribution in [2.24, 2.45) is 0 Å². The Labute approximate surface area is 68.9 Å². The monoisotopic (exact) mass is 178 g/mol. The number of hydrogen-bond donors (Lipinski definition) is 0. The molecule has 0 aromatic rings. The zero-order chi connectivity index (χ0) is 0. The van der Waals surface area contributed by atoms with Crippen LogP contribution in [0.4, 0.5) is 0 Å². The maximum atomic E-state index is 0. The van der Waals surface area contributed by atoms with Crippen LogP contribution >= 0.6 is 9.90 Å². The Morgan fingerprint density at radius 3 is 1.00 bits per heavy atom. The van der Waals surface area contributed by atoms with E-state index >= 15 is 0 Å². The second-order valence-electron chi connectivity index (χ2n) is 0. The molecule has 0 spiro atoms. The number of rotatable bonds is 0. The Morgan fingerprint density at radius 1 is 1.00 bits per heavy atom. The van der Waals surface area contributed by atoms with Crippen LogP contribution in [-0.4, -0.2) is 23.1 Å². The summed E-state index contributed by atoms with van der Waals surface area (Å²) in [5.41, 5.74) is 0. The van der Waals surface area contributed by atoms with E-state index in [1.807, 2.05) is 0 Å². The molecular weight excluding hydrogens is 177 g/mol. The summed E-state index contributed by atoms with van der Waals surface area (Å²) < 4.78 is 0. The molecule has 0 aliphatic heterocycles. The van der Waals surface area contributed by atoms with E-state index in [1.54, 1.807) is 0 Å². The molecule has 0 rings (SSSR count). The largest absolute Gasteiger partial charge is 0.153 e. The van der Waals surface area contributed by atoms with Crippen molar-refractivity contribution >= 4 is 33.0 Å². The maximum Gasteiger partial charge on any atom is 0 e. The molecule has 0 amide bonds. The second kappa shape index (κ2) is 18.4. The smallest absolute Gasteiger partial charge is 0 e. The van der Waals surface area contributed by atoms with Gasteiger partial charge < -0.3 is 0 Å². The standard InChI is InChI=1S/Fe.Mg.H3P.Zn/h;;1H3;. The molecule has 20 valence electrons. The first-order chi connectivity index (χ1) is 0. The van der Waals surface area contributed by atoms with Gasteiger partial charge in [0.05, 0.1) is 0 Å². The molecule has 1 atom stereocenters. The van der Waals surface area contributed by atoms with Crippen molar-refractivity contribution in [3.63, 3.8) is 0 Å². The van der Waals surface area contributed by atoms with E-state index in [9.17, 15) is 0 Å². The van der Waals surface area contributed by atoms with Crippen LogP contribution in [0, 0.1) is 0 Å². The molecule has 2 radical (unpaired) electrons. The fourth-order valence-corrected chi connectivity index (χ4v) is 0. The van der Waals surface area contributed by atoms with Crippen molar-refractivity contribution < 1.29 is 36.5 Å². The van der Waals surface area contributed by atoms with E-state index in [1.165, 1.54) is 0 Å². The number of hydrogen-bond acceptors (Lipinski definition) is 0. The van der Waals surface area contributed by atoms with Gasteiger partial charge >= 0.3 is 0 Å². The molecule has 4 heavy (non-hydrogen) atoms. The van der Waals surface area contributed by atoms with Crippen LogP contribution in [0.25, 0.3) is 0 Å². The van der Waals surface area contributed by atoms with Crippen LogP contribution in [-0.2, 0) is 36.5 Å². The predicted molar refractivity (Wildman–Crippen MR) is 16.9 cm³/mol. The van der Waals surface area contributed by atoms with Crippen molar-refractivity contribution in [2.45, 2.75) is 0 Å². The molecule has 0 aliphatic rings. The molecule has 0 aliphatic carbocycles. The fourth-order valence-electron chi connectivity index (χ4n) is 0. The Bertz CT molecular complexity index is 8.00. The quantitative estimate of drug-likeness (QED) is 0.353. The zero-order valence-corrected chi connectivity index (χ0v) is 9.37. The minimum atomic E-state index is 0. The second-order valence-corrected chi connectivity index (χ2v) is 0. The van der Waals surface area contributed by atoms with E-state index in [0.29, 0.717) is 0 Å². The average Bonchev–Trinajstić information content (AvgIpc) is 0. The summed E-state index contributed by atoms with van der Waals surface area (Å²) in [5, 5.41) is 0. The van der Waals surface area contributed by atoms with Crippen molar-refractivity contribution in [1.82, 2.24) is 0 Å². The van der Waals surface area contributed by atoms with Crippen LogP contribution in [0.15, 0.2) is 0 Å². The molecule has 0 aromatic carbocycles. The normalized spacial score (nSPS) is 0. The first-order valence-electron chi connectivity index (χ1n) is 0. The third-order valence-electron chi connectivity index (χ3n) is 0. The zero-order valence-electron chi connectivity index (χ0n) is 2.47. The van der Waals surface area contributed by atoms with Gasteiger partial charge in [-0.2, -0.15) is 9.90 Å². The minimum absolute atomic E-state index is 0. The van der Waals surface area contributed by atoms with E-state index < -0.39 is 0 Å². The summed E-state index contributed by atoms with van der Waals surface area (Å²) in [6.45, 7) is 0. The van der Waals surface area contributed by atoms with Gasteiger partial charge in [0.2, 0.25) is 0 Å². The first-order valence-corrected chi connectivity index (χ1v) is 0. The van der Waals surface area contributed by atoms with Crippen molar-refractivity contribution in [3.05, 3.63) is 0 Å². The molecular formula is H3FeMgPZn. The Hall–Kier alpha value is 2.34. The van der Waals surface area contributed by atoms with Crippen LogP contribution in [0.1, 0.15) is 0 Å². The van der Waals surface area contributed by atoms with Gasteiger partial charge in [0.25, 0.3) is 0 Å². The van der Waals surface area contributed by atoms with E-state index in [-0.39, 0.29) is 69.5 Å². The van der Waals surface area contributed by atoms with Crippen LogP contribution in [0.2, 0.25) is 0 Å². The third-order valence-corrected chi connectivity index (χ3v) is 0. The van der Waals surface area contributed by atoms with Gasteiger partial charge in [-0.25, -0.2) is 0 Å². The SMILES string of the molecule is P.[Fe].[Mg].[Zn]. The van der Waals surface area contributed by atoms with Gasteiger partial charge in [-0.15, -0.1) is 0 Å². The van der Waals surface area contributed by atoms with Gasteiger partial charge in [-0.3, -0.25) is 0 Å². The summed E-state index contributed by atoms with van der Waals surface area (Å²) >= 11 is 0. The Balaban J connectivity index is 0. The molecule has 0 fully saturated rings. The van der Waals surface area contributed by atoms with Gasteiger partial charge in [-0.05, 0) is 0 Å². The van der Waals surface area contributed by atoms with Crippen LogP contribution in [0.5, 0.6) is 0 Å². The molecule has 0 saturated heterocycles. The molecule has 4 heteroatoms. The Kier molecular flexibility index (Phi) is 152. The predicted octanol–water partition coefficient (Wildman–Crippen LogP) is -0.328. The summed E-state index contributed by atoms with van der Waals surface area (Å²) in [5.74, 6) is 0. The fraction of sp³-hybridized carbons (Fsp3) is 0. The van der Waals surface area contributed by atoms with E-state index in [2.05, 4.69) is 0 Å². The van der Waals surface area contributed by atoms with E-state index in [4.69, 9.17) is 0 Å². The topological polar surface area (TPSA) is 0 Å². The van der Waals surface area contributed by atoms with E-state index in [0.717, 1.165) is 0 Å². The molecule has 1 unspecified atom stereocenters. The Morgan fingerprint density at radius 2 is 1.00 bits per heavy atom. The summed E-state index contributed by atoms with van der Waals surface area (Å²) in [7, 11) is 0. The van der Waals surface area contributed by atoms with Crippen LogP contribution in [0.3, 0.4) is 0 Å². The molecule has 0 heterocycles. The summed E-state index contributed by atoms with van der Waals surface area (Å²) in [6, 6.07) is 0. The van der Waals surface area contributed by atoms with Gasteiger partial charge in [0.1, 0.15) is 0 Å². The molecule has 0 aromatic heterocycles. The maximum absolute atomic E-state index is 0. The summed E-state index contributed by atoms with van der Waals surface area (Å²) in [6.07, 6.45) is 0. The van der Waals surface area contributed by atoms with Gasteiger partial charge in [0, 0.05) is 59.6 Å². The third kappa shape index (κ3) is 8.84. The average molecular weight is 180 g/mol. The minimum Gasteiger partial charge on any atom is -0.153 e. The summed E-state index contributed by atoms with van der Waals surface area (Å²) in [4.78, 5) is 0. The van der Waals surface area contributed by atoms with Crippen molar-refractivity contribution in [1.29, 1.82) is 0 Å². The molecule has 0 N–H and O–H groups in total.